The fraction of sp³-hybridized carbons (Fsp3) is 0.684. The second kappa shape index (κ2) is 31.9. The van der Waals surface area contributed by atoms with E-state index in [-0.39, 0.29) is 19.4 Å². The molecule has 0 fully saturated rings. The number of esters is 2. The summed E-state index contributed by atoms with van der Waals surface area (Å²) in [4.78, 5) is 42.6. The number of allylic oxidation sites excluding steroid dienone is 9. The molecule has 10 heteroatoms. The first-order chi connectivity index (χ1) is 23.1. The largest absolute Gasteiger partial charge is 0.469 e. The fourth-order valence-electron chi connectivity index (χ4n) is 4.61. The number of ether oxygens (including phenoxy) is 2. The number of phosphoric ester groups is 1. The van der Waals surface area contributed by atoms with Gasteiger partial charge in [-0.25, -0.2) is 4.57 Å². The smallest absolute Gasteiger partial charge is 0.462 e. The van der Waals surface area contributed by atoms with E-state index in [1.807, 2.05) is 12.2 Å². The molecule has 0 radical (unpaired) electrons. The predicted octanol–water partition coefficient (Wildman–Crippen LogP) is 9.39. The van der Waals surface area contributed by atoms with Gasteiger partial charge in [0.1, 0.15) is 6.61 Å². The molecule has 0 saturated heterocycles. The molecule has 0 aromatic rings. The van der Waals surface area contributed by atoms with Crippen molar-refractivity contribution in [1.82, 2.24) is 0 Å². The maximum Gasteiger partial charge on any atom is 0.469 e. The minimum atomic E-state index is -4.80. The number of carbonyl (C=O) groups excluding carboxylic acids is 2. The highest BCUT2D eigenvalue weighted by atomic mass is 31.2. The number of aliphatic hydroxyl groups is 1. The molecule has 48 heavy (non-hydrogen) atoms. The number of rotatable bonds is 31. The molecule has 0 aromatic heterocycles. The predicted molar refractivity (Wildman–Crippen MR) is 194 cm³/mol. The van der Waals surface area contributed by atoms with Crippen LogP contribution in [0.3, 0.4) is 0 Å². The molecule has 9 nitrogen and oxygen atoms in total. The highest BCUT2D eigenvalue weighted by Gasteiger charge is 2.23. The molecule has 3 atom stereocenters. The summed E-state index contributed by atoms with van der Waals surface area (Å²) in [6, 6.07) is 0. The summed E-state index contributed by atoms with van der Waals surface area (Å²) >= 11 is 0. The zero-order chi connectivity index (χ0) is 35.7. The number of aliphatic hydroxyl groups excluding tert-OH is 1. The Kier molecular flexibility index (Phi) is 30.4. The summed E-state index contributed by atoms with van der Waals surface area (Å²) in [6.07, 6.45) is 34.1. The van der Waals surface area contributed by atoms with Crippen LogP contribution in [0, 0.1) is 5.92 Å². The molecule has 0 amide bonds. The molecule has 3 N–H and O–H groups in total. The summed E-state index contributed by atoms with van der Waals surface area (Å²) in [7, 11) is -4.80. The van der Waals surface area contributed by atoms with Gasteiger partial charge < -0.3 is 24.4 Å². The van der Waals surface area contributed by atoms with Crippen molar-refractivity contribution in [2.45, 2.75) is 149 Å². The summed E-state index contributed by atoms with van der Waals surface area (Å²) in [5.74, 6) is -0.290. The zero-order valence-electron chi connectivity index (χ0n) is 29.9. The van der Waals surface area contributed by atoms with Crippen LogP contribution < -0.4 is 0 Å². The van der Waals surface area contributed by atoms with Gasteiger partial charge in [0, 0.05) is 12.8 Å². The molecule has 0 aliphatic heterocycles. The van der Waals surface area contributed by atoms with E-state index in [0.29, 0.717) is 19.3 Å². The lowest BCUT2D eigenvalue weighted by Crippen LogP contribution is -2.29. The summed E-state index contributed by atoms with van der Waals surface area (Å²) in [5, 5.41) is 10.1. The molecule has 0 heterocycles. The van der Waals surface area contributed by atoms with Crippen LogP contribution in [0.25, 0.3) is 0 Å². The second-order valence-corrected chi connectivity index (χ2v) is 13.5. The lowest BCUT2D eigenvalue weighted by molar-refractivity contribution is -0.161. The monoisotopic (exact) mass is 696 g/mol. The van der Waals surface area contributed by atoms with Gasteiger partial charge in [0.25, 0.3) is 0 Å². The van der Waals surface area contributed by atoms with Crippen LogP contribution >= 0.6 is 7.82 Å². The normalized spacial score (nSPS) is 14.5. The number of carbonyl (C=O) groups is 2. The van der Waals surface area contributed by atoms with Gasteiger partial charge in [-0.3, -0.25) is 14.1 Å². The first-order valence-corrected chi connectivity index (χ1v) is 19.6. The van der Waals surface area contributed by atoms with Crippen molar-refractivity contribution in [2.24, 2.45) is 5.92 Å². The van der Waals surface area contributed by atoms with E-state index >= 15 is 0 Å². The van der Waals surface area contributed by atoms with E-state index in [1.165, 1.54) is 38.5 Å². The topological polar surface area (TPSA) is 140 Å². The number of hydrogen-bond acceptors (Lipinski definition) is 7. The van der Waals surface area contributed by atoms with Crippen molar-refractivity contribution in [1.29, 1.82) is 0 Å². The van der Waals surface area contributed by atoms with Gasteiger partial charge in [0.15, 0.2) is 6.10 Å². The molecule has 0 aromatic carbocycles. The lowest BCUT2D eigenvalue weighted by atomic mass is 9.99. The van der Waals surface area contributed by atoms with Crippen LogP contribution in [0.5, 0.6) is 0 Å². The molecular formula is C38H65O9P. The van der Waals surface area contributed by atoms with E-state index in [4.69, 9.17) is 19.3 Å². The number of unbranched alkanes of at least 4 members (excludes halogenated alkanes) is 7. The zero-order valence-corrected chi connectivity index (χ0v) is 30.8. The quantitative estimate of drug-likeness (QED) is 0.0213. The standard InChI is InChI=1S/C38H65O9P/c1-4-6-7-8-9-10-11-12-13-14-18-21-24-28-35(39)29-26-31-37(40)45-32-36(33-46-48(42,43)44)47-38(41)30-25-22-19-16-15-17-20-23-27-34(3)5-2/h6-7,9-10,12-13,18,21,24,28,34-36,39H,4-5,8,11,14-17,19-20,22-23,25-27,29-33H2,1-3H3,(H2,42,43,44)/b7-6-,10-9-,13-12-,21-18-,28-24+/t34?,35?,36-/m1/s1. The third-order valence-corrected chi connectivity index (χ3v) is 8.18. The Bertz CT molecular complexity index is 996. The fourth-order valence-corrected chi connectivity index (χ4v) is 4.97. The van der Waals surface area contributed by atoms with E-state index in [2.05, 4.69) is 61.8 Å². The first-order valence-electron chi connectivity index (χ1n) is 18.1. The van der Waals surface area contributed by atoms with Gasteiger partial charge in [-0.05, 0) is 50.9 Å². The van der Waals surface area contributed by atoms with Crippen LogP contribution in [0.2, 0.25) is 0 Å². The number of phosphoric acid groups is 1. The Morgan fingerprint density at radius 3 is 1.85 bits per heavy atom. The minimum Gasteiger partial charge on any atom is -0.462 e. The molecule has 0 aliphatic carbocycles. The average molecular weight is 697 g/mol. The highest BCUT2D eigenvalue weighted by Crippen LogP contribution is 2.36. The third kappa shape index (κ3) is 33.6. The van der Waals surface area contributed by atoms with Gasteiger partial charge >= 0.3 is 19.8 Å². The third-order valence-electron chi connectivity index (χ3n) is 7.70. The van der Waals surface area contributed by atoms with Crippen molar-refractivity contribution in [2.75, 3.05) is 13.2 Å². The number of hydrogen-bond donors (Lipinski definition) is 3. The Balaban J connectivity index is 4.23. The van der Waals surface area contributed by atoms with E-state index < -0.39 is 38.6 Å². The SMILES string of the molecule is CC/C=C\C/C=C\C/C=C\C/C=C\C=C\C(O)CCCC(=O)OC[C@H](COP(=O)(O)O)OC(=O)CCCCCCCCCCC(C)CC. The molecule has 0 aliphatic rings. The van der Waals surface area contributed by atoms with Gasteiger partial charge in [0.05, 0.1) is 12.7 Å². The summed E-state index contributed by atoms with van der Waals surface area (Å²) in [5.41, 5.74) is 0. The Hall–Kier alpha value is -2.29. The maximum absolute atomic E-state index is 12.3. The first kappa shape index (κ1) is 45.7. The Morgan fingerprint density at radius 1 is 0.688 bits per heavy atom. The Morgan fingerprint density at radius 2 is 1.25 bits per heavy atom. The van der Waals surface area contributed by atoms with Crippen molar-refractivity contribution in [3.05, 3.63) is 60.8 Å². The Labute approximate surface area is 290 Å². The highest BCUT2D eigenvalue weighted by molar-refractivity contribution is 7.46. The molecule has 0 rings (SSSR count). The van der Waals surface area contributed by atoms with Crippen molar-refractivity contribution in [3.63, 3.8) is 0 Å². The molecule has 0 bridgehead atoms. The molecular weight excluding hydrogens is 631 g/mol. The van der Waals surface area contributed by atoms with Crippen molar-refractivity contribution < 1.29 is 43.0 Å². The van der Waals surface area contributed by atoms with Gasteiger partial charge in [-0.2, -0.15) is 0 Å². The van der Waals surface area contributed by atoms with E-state index in [0.717, 1.165) is 50.9 Å². The molecule has 2 unspecified atom stereocenters. The van der Waals surface area contributed by atoms with E-state index in [1.54, 1.807) is 12.2 Å². The van der Waals surface area contributed by atoms with Gasteiger partial charge in [-0.15, -0.1) is 0 Å². The van der Waals surface area contributed by atoms with Gasteiger partial charge in [0.2, 0.25) is 0 Å². The second-order valence-electron chi connectivity index (χ2n) is 12.3. The average Bonchev–Trinajstić information content (AvgIpc) is 3.04. The van der Waals surface area contributed by atoms with Crippen LogP contribution in [0.15, 0.2) is 60.8 Å². The molecule has 0 spiro atoms. The molecule has 0 saturated carbocycles. The maximum atomic E-state index is 12.3. The summed E-state index contributed by atoms with van der Waals surface area (Å²) < 4.78 is 26.1. The van der Waals surface area contributed by atoms with Crippen LogP contribution in [-0.4, -0.2) is 52.3 Å². The van der Waals surface area contributed by atoms with Crippen LogP contribution in [-0.2, 0) is 28.2 Å². The van der Waals surface area contributed by atoms with Crippen LogP contribution in [0.4, 0.5) is 0 Å². The lowest BCUT2D eigenvalue weighted by Gasteiger charge is -2.18. The van der Waals surface area contributed by atoms with Crippen LogP contribution in [0.1, 0.15) is 136 Å². The summed E-state index contributed by atoms with van der Waals surface area (Å²) in [6.45, 7) is 5.67. The molecule has 276 valence electrons. The van der Waals surface area contributed by atoms with Crippen molar-refractivity contribution >= 4 is 19.8 Å². The van der Waals surface area contributed by atoms with E-state index in [9.17, 15) is 19.3 Å². The van der Waals surface area contributed by atoms with Gasteiger partial charge in [-0.1, -0.05) is 139 Å². The van der Waals surface area contributed by atoms with Crippen molar-refractivity contribution in [3.8, 4) is 0 Å². The minimum absolute atomic E-state index is 0.0345.